The van der Waals surface area contributed by atoms with E-state index in [4.69, 9.17) is 15.9 Å². The van der Waals surface area contributed by atoms with Crippen LogP contribution in [-0.2, 0) is 11.3 Å². The van der Waals surface area contributed by atoms with Crippen molar-refractivity contribution in [3.05, 3.63) is 34.7 Å². The van der Waals surface area contributed by atoms with Gasteiger partial charge in [-0.3, -0.25) is 4.79 Å². The topological polar surface area (TPSA) is 92.3 Å². The first-order valence-electron chi connectivity index (χ1n) is 7.53. The molecule has 8 heteroatoms. The van der Waals surface area contributed by atoms with Crippen molar-refractivity contribution in [1.29, 1.82) is 5.41 Å². The number of nitrogen functional groups attached to an aromatic ring is 1. The maximum Gasteiger partial charge on any atom is 0.272 e. The number of allylic oxidation sites excluding steroid dienone is 1. The van der Waals surface area contributed by atoms with Crippen molar-refractivity contribution in [2.24, 2.45) is 5.41 Å². The Morgan fingerprint density at radius 3 is 2.92 bits per heavy atom. The molecule has 1 aromatic rings. The molecule has 24 heavy (non-hydrogen) atoms. The van der Waals surface area contributed by atoms with Crippen molar-refractivity contribution in [2.45, 2.75) is 26.3 Å². The van der Waals surface area contributed by atoms with Crippen LogP contribution in [-0.4, -0.2) is 41.6 Å². The minimum atomic E-state index is -2.59. The second kappa shape index (κ2) is 5.85. The molecule has 0 radical (unpaired) electrons. The van der Waals surface area contributed by atoms with Crippen molar-refractivity contribution >= 4 is 17.9 Å². The Bertz CT molecular complexity index is 735. The Morgan fingerprint density at radius 1 is 1.58 bits per heavy atom. The van der Waals surface area contributed by atoms with Crippen molar-refractivity contribution < 1.29 is 18.3 Å². The lowest BCUT2D eigenvalue weighted by molar-refractivity contribution is 0.0169. The van der Waals surface area contributed by atoms with Crippen molar-refractivity contribution in [3.8, 4) is 0 Å². The molecule has 1 aromatic heterocycles. The molecule has 128 valence electrons. The van der Waals surface area contributed by atoms with Crippen LogP contribution in [0.5, 0.6) is 0 Å². The van der Waals surface area contributed by atoms with Gasteiger partial charge in [0, 0.05) is 30.1 Å². The van der Waals surface area contributed by atoms with Crippen LogP contribution in [0.15, 0.2) is 23.6 Å². The molecule has 0 saturated heterocycles. The molecule has 6 nitrogen and oxygen atoms in total. The maximum atomic E-state index is 12.5. The standard InChI is InChI=1S/C16H18F2N4O2/c1-9-4-16(7-19,13(9)24-6-12(17)18)8-22-5-11-10(15(22)23)2-3-21-14(11)20/h2-3,7,12,19H,4-6,8H2,1H3,(H2,20,21). The molecule has 1 amide bonds. The van der Waals surface area contributed by atoms with E-state index in [2.05, 4.69) is 4.98 Å². The van der Waals surface area contributed by atoms with Gasteiger partial charge in [-0.25, -0.2) is 13.8 Å². The SMILES string of the molecule is CC1=C(OCC(F)F)C(C=N)(CN2Cc3c(ccnc3N)C2=O)C1. The molecule has 2 aliphatic rings. The summed E-state index contributed by atoms with van der Waals surface area (Å²) >= 11 is 0. The number of rotatable bonds is 6. The zero-order valence-electron chi connectivity index (χ0n) is 13.2. The number of nitrogens with zero attached hydrogens (tertiary/aromatic N) is 2. The summed E-state index contributed by atoms with van der Waals surface area (Å²) in [5, 5.41) is 7.75. The quantitative estimate of drug-likeness (QED) is 0.779. The van der Waals surface area contributed by atoms with E-state index in [0.717, 1.165) is 5.57 Å². The summed E-state index contributed by atoms with van der Waals surface area (Å²) < 4.78 is 30.1. The zero-order valence-corrected chi connectivity index (χ0v) is 13.2. The lowest BCUT2D eigenvalue weighted by Gasteiger charge is -2.43. The Hall–Kier alpha value is -2.51. The van der Waals surface area contributed by atoms with Crippen LogP contribution in [0.4, 0.5) is 14.6 Å². The first-order chi connectivity index (χ1) is 11.4. The average molecular weight is 336 g/mol. The number of hydrogen-bond acceptors (Lipinski definition) is 5. The molecule has 3 N–H and O–H groups in total. The summed E-state index contributed by atoms with van der Waals surface area (Å²) in [6, 6.07) is 1.61. The number of carbonyl (C=O) groups excluding carboxylic acids is 1. The molecule has 0 fully saturated rings. The van der Waals surface area contributed by atoms with Gasteiger partial charge in [0.05, 0.1) is 12.0 Å². The first kappa shape index (κ1) is 16.4. The minimum absolute atomic E-state index is 0.194. The van der Waals surface area contributed by atoms with Gasteiger partial charge in [0.25, 0.3) is 12.3 Å². The molecule has 0 saturated carbocycles. The summed E-state index contributed by atoms with van der Waals surface area (Å²) in [7, 11) is 0. The van der Waals surface area contributed by atoms with Crippen LogP contribution in [0.25, 0.3) is 0 Å². The van der Waals surface area contributed by atoms with E-state index in [1.807, 2.05) is 0 Å². The molecular weight excluding hydrogens is 318 g/mol. The summed E-state index contributed by atoms with van der Waals surface area (Å²) in [5.74, 6) is 0.479. The fourth-order valence-corrected chi connectivity index (χ4v) is 3.43. The van der Waals surface area contributed by atoms with Crippen LogP contribution < -0.4 is 5.73 Å². The number of aromatic nitrogens is 1. The summed E-state index contributed by atoms with van der Waals surface area (Å²) in [4.78, 5) is 18.1. The molecule has 0 bridgehead atoms. The molecule has 1 aliphatic heterocycles. The van der Waals surface area contributed by atoms with Crippen molar-refractivity contribution in [1.82, 2.24) is 9.88 Å². The normalized spacial score (nSPS) is 22.7. The Balaban J connectivity index is 1.79. The predicted molar refractivity (Wildman–Crippen MR) is 83.9 cm³/mol. The van der Waals surface area contributed by atoms with Gasteiger partial charge in [-0.2, -0.15) is 0 Å². The fraction of sp³-hybridized carbons (Fsp3) is 0.438. The molecule has 0 aromatic carbocycles. The Morgan fingerprint density at radius 2 is 2.33 bits per heavy atom. The van der Waals surface area contributed by atoms with Crippen LogP contribution >= 0.6 is 0 Å². The van der Waals surface area contributed by atoms with Crippen molar-refractivity contribution in [2.75, 3.05) is 18.9 Å². The Kier molecular flexibility index (Phi) is 3.98. The smallest absolute Gasteiger partial charge is 0.272 e. The van der Waals surface area contributed by atoms with E-state index in [-0.39, 0.29) is 12.5 Å². The third-order valence-corrected chi connectivity index (χ3v) is 4.48. The number of nitrogens with two attached hydrogens (primary N) is 1. The van der Waals surface area contributed by atoms with Gasteiger partial charge in [-0.15, -0.1) is 0 Å². The lowest BCUT2D eigenvalue weighted by Crippen LogP contribution is -2.46. The van der Waals surface area contributed by atoms with Gasteiger partial charge in [0.1, 0.15) is 18.2 Å². The number of anilines is 1. The number of fused-ring (bicyclic) bond motifs is 1. The van der Waals surface area contributed by atoms with Crippen LogP contribution in [0, 0.1) is 10.8 Å². The zero-order chi connectivity index (χ0) is 17.5. The highest BCUT2D eigenvalue weighted by atomic mass is 19.3. The molecule has 1 atom stereocenters. The van der Waals surface area contributed by atoms with E-state index in [1.165, 1.54) is 12.4 Å². The monoisotopic (exact) mass is 336 g/mol. The van der Waals surface area contributed by atoms with Crippen LogP contribution in [0.3, 0.4) is 0 Å². The highest BCUT2D eigenvalue weighted by Gasteiger charge is 2.47. The number of halogens is 2. The first-order valence-corrected chi connectivity index (χ1v) is 7.53. The van der Waals surface area contributed by atoms with Gasteiger partial charge < -0.3 is 20.8 Å². The summed E-state index contributed by atoms with van der Waals surface area (Å²) in [5.41, 5.74) is 6.95. The second-order valence-corrected chi connectivity index (χ2v) is 6.17. The van der Waals surface area contributed by atoms with Gasteiger partial charge in [-0.05, 0) is 25.0 Å². The number of hydrogen-bond donors (Lipinski definition) is 2. The molecule has 3 rings (SSSR count). The minimum Gasteiger partial charge on any atom is -0.491 e. The number of carbonyl (C=O) groups is 1. The highest BCUT2D eigenvalue weighted by Crippen LogP contribution is 2.47. The second-order valence-electron chi connectivity index (χ2n) is 6.17. The maximum absolute atomic E-state index is 12.5. The number of amides is 1. The van der Waals surface area contributed by atoms with Gasteiger partial charge in [-0.1, -0.05) is 0 Å². The van der Waals surface area contributed by atoms with E-state index in [1.54, 1.807) is 17.9 Å². The molecule has 2 heterocycles. The molecular formula is C16H18F2N4O2. The highest BCUT2D eigenvalue weighted by molar-refractivity contribution is 5.99. The summed E-state index contributed by atoms with van der Waals surface area (Å²) in [6.07, 6.45) is 0.576. The van der Waals surface area contributed by atoms with E-state index < -0.39 is 18.4 Å². The summed E-state index contributed by atoms with van der Waals surface area (Å²) in [6.45, 7) is 1.56. The molecule has 1 unspecified atom stereocenters. The van der Waals surface area contributed by atoms with E-state index >= 15 is 0 Å². The lowest BCUT2D eigenvalue weighted by atomic mass is 9.69. The van der Waals surface area contributed by atoms with E-state index in [9.17, 15) is 13.6 Å². The number of nitrogens with one attached hydrogen (secondary N) is 1. The predicted octanol–water partition coefficient (Wildman–Crippen LogP) is 2.21. The Labute approximate surface area is 137 Å². The average Bonchev–Trinajstić information content (AvgIpc) is 2.84. The molecule has 0 spiro atoms. The van der Waals surface area contributed by atoms with Crippen molar-refractivity contribution in [3.63, 3.8) is 0 Å². The number of pyridine rings is 1. The van der Waals surface area contributed by atoms with Gasteiger partial charge >= 0.3 is 0 Å². The molecule has 1 aliphatic carbocycles. The van der Waals surface area contributed by atoms with Crippen LogP contribution in [0.2, 0.25) is 0 Å². The van der Waals surface area contributed by atoms with Gasteiger partial charge in [0.2, 0.25) is 0 Å². The fourth-order valence-electron chi connectivity index (χ4n) is 3.43. The van der Waals surface area contributed by atoms with E-state index in [0.29, 0.717) is 35.7 Å². The number of alkyl halides is 2. The van der Waals surface area contributed by atoms with Gasteiger partial charge in [0.15, 0.2) is 0 Å². The van der Waals surface area contributed by atoms with Crippen LogP contribution in [0.1, 0.15) is 29.3 Å². The number of ether oxygens (including phenoxy) is 1. The largest absolute Gasteiger partial charge is 0.491 e. The third kappa shape index (κ3) is 2.51. The third-order valence-electron chi connectivity index (χ3n) is 4.48.